The van der Waals surface area contributed by atoms with Crippen molar-refractivity contribution in [2.24, 2.45) is 0 Å². The fourth-order valence-corrected chi connectivity index (χ4v) is 3.31. The molecule has 0 saturated carbocycles. The Morgan fingerprint density at radius 1 is 1.35 bits per heavy atom. The smallest absolute Gasteiger partial charge is 0.242 e. The molecule has 0 bridgehead atoms. The van der Waals surface area contributed by atoms with Gasteiger partial charge in [-0.15, -0.1) is 11.3 Å². The number of rotatable bonds is 4. The van der Waals surface area contributed by atoms with Gasteiger partial charge in [0, 0.05) is 5.38 Å². The van der Waals surface area contributed by atoms with Crippen molar-refractivity contribution < 1.29 is 8.42 Å². The molecule has 0 amide bonds. The topological polar surface area (TPSA) is 59.1 Å². The second-order valence-electron chi connectivity index (χ2n) is 3.23. The minimum absolute atomic E-state index is 0.0805. The molecule has 0 fully saturated rings. The lowest BCUT2D eigenvalue weighted by molar-refractivity contribution is 0.580. The highest BCUT2D eigenvalue weighted by molar-refractivity contribution is 7.89. The molecule has 1 N–H and O–H groups in total. The van der Waals surface area contributed by atoms with E-state index in [9.17, 15) is 8.42 Å². The largest absolute Gasteiger partial charge is 0.248 e. The van der Waals surface area contributed by atoms with Crippen LogP contribution in [-0.4, -0.2) is 13.4 Å². The monoisotopic (exact) mass is 288 g/mol. The number of nitrogens with one attached hydrogen (secondary N) is 1. The van der Waals surface area contributed by atoms with Gasteiger partial charge in [0.15, 0.2) is 0 Å². The molecular weight excluding hydrogens is 280 g/mol. The molecule has 0 aliphatic carbocycles. The standard InChI is InChI=1S/C10H9ClN2O2S2/c11-9-3-1-2-4-10(9)17(14,15)13-5-8-6-16-7-12-8/h1-4,6-7,13H,5H2. The highest BCUT2D eigenvalue weighted by Crippen LogP contribution is 2.20. The summed E-state index contributed by atoms with van der Waals surface area (Å²) >= 11 is 7.25. The van der Waals surface area contributed by atoms with E-state index >= 15 is 0 Å². The summed E-state index contributed by atoms with van der Waals surface area (Å²) in [6.07, 6.45) is 0. The second kappa shape index (κ2) is 5.14. The summed E-state index contributed by atoms with van der Waals surface area (Å²) in [6.45, 7) is 0.164. The van der Waals surface area contributed by atoms with E-state index in [4.69, 9.17) is 11.6 Å². The zero-order valence-corrected chi connectivity index (χ0v) is 11.0. The normalized spacial score (nSPS) is 11.6. The van der Waals surface area contributed by atoms with Crippen LogP contribution >= 0.6 is 22.9 Å². The summed E-state index contributed by atoms with van der Waals surface area (Å²) in [7, 11) is -3.58. The zero-order valence-electron chi connectivity index (χ0n) is 8.63. The van der Waals surface area contributed by atoms with Crippen molar-refractivity contribution in [2.75, 3.05) is 0 Å². The number of sulfonamides is 1. The molecule has 2 aromatic rings. The molecule has 1 aromatic heterocycles. The summed E-state index contributed by atoms with van der Waals surface area (Å²) in [5, 5.41) is 1.99. The van der Waals surface area contributed by atoms with Crippen molar-refractivity contribution >= 4 is 33.0 Å². The molecule has 17 heavy (non-hydrogen) atoms. The molecule has 0 aliphatic heterocycles. The highest BCUT2D eigenvalue weighted by atomic mass is 35.5. The summed E-state index contributed by atoms with van der Waals surface area (Å²) in [4.78, 5) is 4.07. The van der Waals surface area contributed by atoms with Crippen molar-refractivity contribution in [1.82, 2.24) is 9.71 Å². The van der Waals surface area contributed by atoms with Crippen LogP contribution in [0.25, 0.3) is 0 Å². The molecule has 0 unspecified atom stereocenters. The molecular formula is C10H9ClN2O2S2. The quantitative estimate of drug-likeness (QED) is 0.939. The maximum Gasteiger partial charge on any atom is 0.242 e. The average Bonchev–Trinajstić information content (AvgIpc) is 2.80. The lowest BCUT2D eigenvalue weighted by Crippen LogP contribution is -2.23. The van der Waals surface area contributed by atoms with E-state index in [0.717, 1.165) is 0 Å². The van der Waals surface area contributed by atoms with Crippen molar-refractivity contribution in [3.8, 4) is 0 Å². The predicted octanol–water partition coefficient (Wildman–Crippen LogP) is 2.28. The van der Waals surface area contributed by atoms with Gasteiger partial charge in [0.1, 0.15) is 4.90 Å². The molecule has 1 aromatic carbocycles. The highest BCUT2D eigenvalue weighted by Gasteiger charge is 2.16. The first kappa shape index (κ1) is 12.5. The van der Waals surface area contributed by atoms with Gasteiger partial charge in [0.25, 0.3) is 0 Å². The Morgan fingerprint density at radius 2 is 2.12 bits per heavy atom. The number of halogens is 1. The Bertz CT molecular complexity index is 597. The van der Waals surface area contributed by atoms with E-state index in [1.54, 1.807) is 29.1 Å². The molecule has 0 radical (unpaired) electrons. The van der Waals surface area contributed by atoms with E-state index in [1.807, 2.05) is 0 Å². The molecule has 0 spiro atoms. The van der Waals surface area contributed by atoms with Crippen LogP contribution in [-0.2, 0) is 16.6 Å². The third-order valence-electron chi connectivity index (χ3n) is 2.05. The van der Waals surface area contributed by atoms with Crippen LogP contribution in [0, 0.1) is 0 Å². The predicted molar refractivity (Wildman–Crippen MR) is 67.6 cm³/mol. The Hall–Kier alpha value is -0.950. The van der Waals surface area contributed by atoms with Gasteiger partial charge in [-0.2, -0.15) is 0 Å². The first-order chi connectivity index (χ1) is 8.09. The van der Waals surface area contributed by atoms with E-state index in [1.165, 1.54) is 17.4 Å². The first-order valence-corrected chi connectivity index (χ1v) is 7.51. The van der Waals surface area contributed by atoms with Crippen molar-refractivity contribution in [3.05, 3.63) is 45.9 Å². The fraction of sp³-hybridized carbons (Fsp3) is 0.100. The third-order valence-corrected chi connectivity index (χ3v) is 4.59. The molecule has 0 saturated heterocycles. The SMILES string of the molecule is O=S(=O)(NCc1cscn1)c1ccccc1Cl. The Morgan fingerprint density at radius 3 is 2.76 bits per heavy atom. The fourth-order valence-electron chi connectivity index (χ4n) is 1.23. The van der Waals surface area contributed by atoms with Crippen LogP contribution in [0.1, 0.15) is 5.69 Å². The number of hydrogen-bond donors (Lipinski definition) is 1. The first-order valence-electron chi connectivity index (χ1n) is 4.71. The van der Waals surface area contributed by atoms with Crippen LogP contribution in [0.2, 0.25) is 5.02 Å². The Kier molecular flexibility index (Phi) is 3.78. The number of thiazole rings is 1. The summed E-state index contributed by atoms with van der Waals surface area (Å²) in [5.41, 5.74) is 2.34. The van der Waals surface area contributed by atoms with Gasteiger partial charge < -0.3 is 0 Å². The number of aromatic nitrogens is 1. The number of nitrogens with zero attached hydrogens (tertiary/aromatic N) is 1. The lowest BCUT2D eigenvalue weighted by Gasteiger charge is -2.06. The van der Waals surface area contributed by atoms with E-state index in [-0.39, 0.29) is 16.5 Å². The second-order valence-corrected chi connectivity index (χ2v) is 6.10. The third kappa shape index (κ3) is 3.04. The molecule has 90 valence electrons. The Balaban J connectivity index is 2.17. The summed E-state index contributed by atoms with van der Waals surface area (Å²) < 4.78 is 26.3. The molecule has 0 aliphatic rings. The molecule has 4 nitrogen and oxygen atoms in total. The van der Waals surface area contributed by atoms with Crippen LogP contribution in [0.5, 0.6) is 0 Å². The van der Waals surface area contributed by atoms with Crippen LogP contribution in [0.15, 0.2) is 40.1 Å². The minimum Gasteiger partial charge on any atom is -0.248 e. The Labute approximate surface area is 108 Å². The van der Waals surface area contributed by atoms with Crippen molar-refractivity contribution in [1.29, 1.82) is 0 Å². The minimum atomic E-state index is -3.58. The molecule has 1 heterocycles. The van der Waals surface area contributed by atoms with E-state index < -0.39 is 10.0 Å². The zero-order chi connectivity index (χ0) is 12.3. The molecule has 0 atom stereocenters. The van der Waals surface area contributed by atoms with Gasteiger partial charge in [-0.05, 0) is 12.1 Å². The van der Waals surface area contributed by atoms with Gasteiger partial charge in [0.05, 0.1) is 22.8 Å². The maximum absolute atomic E-state index is 11.9. The summed E-state index contributed by atoms with van der Waals surface area (Å²) in [5.74, 6) is 0. The van der Waals surface area contributed by atoms with Crippen molar-refractivity contribution in [2.45, 2.75) is 11.4 Å². The number of hydrogen-bond acceptors (Lipinski definition) is 4. The average molecular weight is 289 g/mol. The van der Waals surface area contributed by atoms with Gasteiger partial charge in [-0.1, -0.05) is 23.7 Å². The van der Waals surface area contributed by atoms with Crippen LogP contribution < -0.4 is 4.72 Å². The van der Waals surface area contributed by atoms with Gasteiger partial charge in [0.2, 0.25) is 10.0 Å². The van der Waals surface area contributed by atoms with Gasteiger partial charge in [-0.25, -0.2) is 18.1 Å². The van der Waals surface area contributed by atoms with Gasteiger partial charge in [-0.3, -0.25) is 0 Å². The van der Waals surface area contributed by atoms with E-state index in [2.05, 4.69) is 9.71 Å². The van der Waals surface area contributed by atoms with Crippen LogP contribution in [0.4, 0.5) is 0 Å². The van der Waals surface area contributed by atoms with Gasteiger partial charge >= 0.3 is 0 Å². The molecule has 2 rings (SSSR count). The maximum atomic E-state index is 11.9. The number of benzene rings is 1. The van der Waals surface area contributed by atoms with Crippen LogP contribution in [0.3, 0.4) is 0 Å². The lowest BCUT2D eigenvalue weighted by atomic mass is 10.4. The molecule has 7 heteroatoms. The summed E-state index contributed by atoms with van der Waals surface area (Å²) in [6, 6.07) is 6.32. The van der Waals surface area contributed by atoms with Crippen molar-refractivity contribution in [3.63, 3.8) is 0 Å². The van der Waals surface area contributed by atoms with E-state index in [0.29, 0.717) is 5.69 Å².